The second-order valence-corrected chi connectivity index (χ2v) is 16.9. The number of amides is 2. The quantitative estimate of drug-likeness (QED) is 0.123. The molecule has 51 heavy (non-hydrogen) atoms. The van der Waals surface area contributed by atoms with E-state index in [0.29, 0.717) is 53.3 Å². The van der Waals surface area contributed by atoms with E-state index in [0.717, 1.165) is 56.9 Å². The smallest absolute Gasteiger partial charge is 0.328 e. The van der Waals surface area contributed by atoms with E-state index in [1.807, 2.05) is 30.3 Å². The van der Waals surface area contributed by atoms with Gasteiger partial charge in [0.25, 0.3) is 0 Å². The van der Waals surface area contributed by atoms with E-state index in [9.17, 15) is 24.6 Å². The van der Waals surface area contributed by atoms with Crippen LogP contribution in [0.25, 0.3) is 0 Å². The van der Waals surface area contributed by atoms with Gasteiger partial charge in [-0.15, -0.1) is 0 Å². The van der Waals surface area contributed by atoms with Gasteiger partial charge in [-0.2, -0.15) is 0 Å². The van der Waals surface area contributed by atoms with Gasteiger partial charge >= 0.3 is 5.97 Å². The lowest BCUT2D eigenvalue weighted by Crippen LogP contribution is -2.58. The minimum atomic E-state index is -0.960. The fourth-order valence-corrected chi connectivity index (χ4v) is 11.2. The number of nitrogens with two attached hydrogens (primary N) is 1. The number of hydrogen-bond donors (Lipinski definition) is 5. The summed E-state index contributed by atoms with van der Waals surface area (Å²) >= 11 is 0. The Labute approximate surface area is 303 Å². The van der Waals surface area contributed by atoms with E-state index in [1.165, 1.54) is 0 Å². The summed E-state index contributed by atoms with van der Waals surface area (Å²) in [6.45, 7) is 7.23. The molecule has 9 nitrogen and oxygen atoms in total. The Kier molecular flexibility index (Phi) is 11.5. The van der Waals surface area contributed by atoms with Crippen LogP contribution < -0.4 is 16.4 Å². The summed E-state index contributed by atoms with van der Waals surface area (Å²) in [7, 11) is 0. The van der Waals surface area contributed by atoms with Crippen molar-refractivity contribution in [2.45, 2.75) is 123 Å². The lowest BCUT2D eigenvalue weighted by molar-refractivity contribution is -0.174. The highest BCUT2D eigenvalue weighted by Gasteiger charge is 2.62. The van der Waals surface area contributed by atoms with Crippen molar-refractivity contribution in [3.05, 3.63) is 60.2 Å². The van der Waals surface area contributed by atoms with Crippen molar-refractivity contribution < 1.29 is 29.3 Å². The lowest BCUT2D eigenvalue weighted by Gasteiger charge is -2.62. The maximum atomic E-state index is 13.4. The van der Waals surface area contributed by atoms with E-state index >= 15 is 0 Å². The summed E-state index contributed by atoms with van der Waals surface area (Å²) < 4.78 is 5.60. The van der Waals surface area contributed by atoms with E-state index in [-0.39, 0.29) is 60.7 Å². The average molecular weight is 702 g/mol. The van der Waals surface area contributed by atoms with Crippen LogP contribution in [0.1, 0.15) is 103 Å². The molecule has 4 aliphatic rings. The molecule has 11 atom stereocenters. The largest absolute Gasteiger partial charge is 0.459 e. The maximum absolute atomic E-state index is 13.4. The predicted octanol–water partition coefficient (Wildman–Crippen LogP) is 6.62. The third-order valence-corrected chi connectivity index (χ3v) is 14.0. The molecule has 0 spiro atoms. The number of carbonyl (C=O) groups excluding carboxylic acids is 3. The third kappa shape index (κ3) is 7.99. The summed E-state index contributed by atoms with van der Waals surface area (Å²) in [6, 6.07) is 15.4. The van der Waals surface area contributed by atoms with Gasteiger partial charge in [0, 0.05) is 12.8 Å². The Hall–Kier alpha value is -3.43. The second kappa shape index (κ2) is 15.7. The van der Waals surface area contributed by atoms with E-state index in [4.69, 9.17) is 10.5 Å². The maximum Gasteiger partial charge on any atom is 0.328 e. The number of fused-ring (bicyclic) bond motifs is 5. The molecule has 0 unspecified atom stereocenters. The van der Waals surface area contributed by atoms with Crippen LogP contribution in [0, 0.1) is 46.3 Å². The van der Waals surface area contributed by atoms with Crippen LogP contribution in [-0.4, -0.2) is 46.2 Å². The Morgan fingerprint density at radius 2 is 1.55 bits per heavy atom. The number of aliphatic hydroxyl groups is 2. The second-order valence-electron chi connectivity index (χ2n) is 16.9. The highest BCUT2D eigenvalue weighted by molar-refractivity contribution is 5.94. The van der Waals surface area contributed by atoms with Crippen molar-refractivity contribution in [2.75, 3.05) is 11.1 Å². The zero-order chi connectivity index (χ0) is 36.3. The number of hydrogen-bond acceptors (Lipinski definition) is 7. The van der Waals surface area contributed by atoms with Gasteiger partial charge in [0.15, 0.2) is 0 Å². The minimum absolute atomic E-state index is 0.00627. The van der Waals surface area contributed by atoms with Gasteiger partial charge in [-0.05, 0) is 128 Å². The zero-order valence-electron chi connectivity index (χ0n) is 30.7. The van der Waals surface area contributed by atoms with Crippen LogP contribution in [0.2, 0.25) is 0 Å². The standard InChI is InChI=1S/C42H59N3O6/c1-26(30-14-15-31-39-32(20-22-42(30,31)3)41(2)21-19-29(46)23-28(41)24-36(39)47)13-17-37(48)45-35(40(50)51-25-27-9-5-4-6-10-27)16-18-38(49)44-34-12-8-7-11-33(34)43/h4-12,26,28-32,35-36,39,46-47H,13-25,43H2,1-3H3,(H,44,49)(H,45,48)/t26-,28+,29-,30-,31+,32+,35+,36-,39+,41+,42-/m1/s1. The molecule has 2 aromatic carbocycles. The zero-order valence-corrected chi connectivity index (χ0v) is 30.7. The van der Waals surface area contributed by atoms with E-state index < -0.39 is 12.0 Å². The summed E-state index contributed by atoms with van der Waals surface area (Å²) in [5.41, 5.74) is 8.09. The molecular formula is C42H59N3O6. The number of aliphatic hydroxyl groups excluding tert-OH is 2. The third-order valence-electron chi connectivity index (χ3n) is 14.0. The van der Waals surface area contributed by atoms with Crippen LogP contribution in [0.5, 0.6) is 0 Å². The van der Waals surface area contributed by atoms with Crippen molar-refractivity contribution in [2.24, 2.45) is 46.3 Å². The van der Waals surface area contributed by atoms with Gasteiger partial charge in [0.2, 0.25) is 11.8 Å². The van der Waals surface area contributed by atoms with Gasteiger partial charge in [0.05, 0.1) is 23.6 Å². The molecule has 4 aliphatic carbocycles. The van der Waals surface area contributed by atoms with Crippen molar-refractivity contribution in [1.29, 1.82) is 0 Å². The molecule has 2 aromatic rings. The normalized spacial score (nSPS) is 33.9. The number of esters is 1. The number of nitrogen functional groups attached to an aromatic ring is 1. The molecule has 0 aromatic heterocycles. The van der Waals surface area contributed by atoms with Crippen LogP contribution in [0.15, 0.2) is 54.6 Å². The van der Waals surface area contributed by atoms with E-state index in [1.54, 1.807) is 24.3 Å². The summed E-state index contributed by atoms with van der Waals surface area (Å²) in [5.74, 6) is 1.35. The Bertz CT molecular complexity index is 1540. The fraction of sp³-hybridized carbons (Fsp3) is 0.643. The number of benzene rings is 2. The first kappa shape index (κ1) is 37.3. The molecule has 6 N–H and O–H groups in total. The molecular weight excluding hydrogens is 642 g/mol. The number of anilines is 2. The van der Waals surface area contributed by atoms with Crippen LogP contribution in [0.3, 0.4) is 0 Å². The molecule has 9 heteroatoms. The Morgan fingerprint density at radius 1 is 0.863 bits per heavy atom. The number of para-hydroxylation sites is 2. The SMILES string of the molecule is C[C@H](CCC(=O)N[C@@H](CCC(=O)Nc1ccccc1N)C(=O)OCc1ccccc1)[C@H]1CC[C@H]2[C@@H]3[C@H](O)C[C@@H]4C[C@H](O)CC[C@]4(C)[C@H]3CC[C@]12C. The lowest BCUT2D eigenvalue weighted by atomic mass is 9.43. The van der Waals surface area contributed by atoms with E-state index in [2.05, 4.69) is 31.4 Å². The molecule has 0 heterocycles. The number of carbonyl (C=O) groups is 3. The number of ether oxygens (including phenoxy) is 1. The topological polar surface area (TPSA) is 151 Å². The number of rotatable bonds is 12. The van der Waals surface area contributed by atoms with Gasteiger partial charge in [-0.3, -0.25) is 9.59 Å². The Balaban J connectivity index is 1.05. The molecule has 2 amide bonds. The molecule has 0 saturated heterocycles. The molecule has 6 rings (SSSR count). The molecule has 278 valence electrons. The molecule has 0 bridgehead atoms. The van der Waals surface area contributed by atoms with Crippen molar-refractivity contribution in [3.8, 4) is 0 Å². The molecule has 0 radical (unpaired) electrons. The van der Waals surface area contributed by atoms with Crippen LogP contribution in [0.4, 0.5) is 11.4 Å². The summed E-state index contributed by atoms with van der Waals surface area (Å²) in [5, 5.41) is 27.7. The fourth-order valence-electron chi connectivity index (χ4n) is 11.2. The molecule has 0 aliphatic heterocycles. The van der Waals surface area contributed by atoms with Crippen LogP contribution in [-0.2, 0) is 25.7 Å². The van der Waals surface area contributed by atoms with Crippen molar-refractivity contribution >= 4 is 29.2 Å². The predicted molar refractivity (Wildman–Crippen MR) is 198 cm³/mol. The number of nitrogens with one attached hydrogen (secondary N) is 2. The highest BCUT2D eigenvalue weighted by Crippen LogP contribution is 2.68. The van der Waals surface area contributed by atoms with Crippen molar-refractivity contribution in [3.63, 3.8) is 0 Å². The Morgan fingerprint density at radius 3 is 2.31 bits per heavy atom. The van der Waals surface area contributed by atoms with Gasteiger partial charge in [0.1, 0.15) is 12.6 Å². The van der Waals surface area contributed by atoms with Gasteiger partial charge < -0.3 is 31.3 Å². The van der Waals surface area contributed by atoms with Gasteiger partial charge in [-0.25, -0.2) is 4.79 Å². The first-order valence-electron chi connectivity index (χ1n) is 19.4. The first-order chi connectivity index (χ1) is 24.4. The highest BCUT2D eigenvalue weighted by atomic mass is 16.5. The summed E-state index contributed by atoms with van der Waals surface area (Å²) in [4.78, 5) is 39.5. The van der Waals surface area contributed by atoms with Crippen molar-refractivity contribution in [1.82, 2.24) is 5.32 Å². The van der Waals surface area contributed by atoms with Gasteiger partial charge in [-0.1, -0.05) is 63.2 Å². The first-order valence-corrected chi connectivity index (χ1v) is 19.4. The average Bonchev–Trinajstić information content (AvgIpc) is 3.47. The summed E-state index contributed by atoms with van der Waals surface area (Å²) in [6.07, 6.45) is 8.58. The molecule has 4 saturated carbocycles. The minimum Gasteiger partial charge on any atom is -0.459 e. The monoisotopic (exact) mass is 701 g/mol. The molecule has 4 fully saturated rings. The van der Waals surface area contributed by atoms with Crippen LogP contribution >= 0.6 is 0 Å².